The molecule has 1 amide bonds. The summed E-state index contributed by atoms with van der Waals surface area (Å²) in [5.74, 6) is -0.102. The van der Waals surface area contributed by atoms with E-state index in [-0.39, 0.29) is 28.3 Å². The second-order valence-corrected chi connectivity index (χ2v) is 9.82. The number of nitrogens with zero attached hydrogens (tertiary/aromatic N) is 3. The standard InChI is InChI=1S/C21H30N4O3S/c1-2-11-24-12-9-19(10-13-24)23-21(26)17-7-14-25(15-8-17)29(27,28)20-6-4-3-5-18(20)16-22/h3-6,17,19H,2,7-15H2,1H3,(H,23,26). The van der Waals surface area contributed by atoms with Gasteiger partial charge >= 0.3 is 0 Å². The molecule has 0 atom stereocenters. The average molecular weight is 419 g/mol. The van der Waals surface area contributed by atoms with Crippen LogP contribution in [0.25, 0.3) is 0 Å². The first-order valence-corrected chi connectivity index (χ1v) is 11.9. The Kier molecular flexibility index (Phi) is 7.28. The van der Waals surface area contributed by atoms with Crippen LogP contribution < -0.4 is 5.32 Å². The monoisotopic (exact) mass is 418 g/mol. The summed E-state index contributed by atoms with van der Waals surface area (Å²) in [6.45, 7) is 5.94. The lowest BCUT2D eigenvalue weighted by Crippen LogP contribution is -2.48. The summed E-state index contributed by atoms with van der Waals surface area (Å²) in [5, 5.41) is 12.4. The van der Waals surface area contributed by atoms with Crippen LogP contribution in [0.5, 0.6) is 0 Å². The normalized spacial score (nSPS) is 20.3. The number of benzene rings is 1. The van der Waals surface area contributed by atoms with E-state index in [4.69, 9.17) is 0 Å². The number of hydrogen-bond donors (Lipinski definition) is 1. The van der Waals surface area contributed by atoms with Crippen molar-refractivity contribution in [2.24, 2.45) is 5.92 Å². The van der Waals surface area contributed by atoms with E-state index < -0.39 is 10.0 Å². The minimum Gasteiger partial charge on any atom is -0.353 e. The number of piperidine rings is 2. The predicted octanol–water partition coefficient (Wildman–Crippen LogP) is 1.95. The number of hydrogen-bond acceptors (Lipinski definition) is 5. The van der Waals surface area contributed by atoms with Gasteiger partial charge in [0.2, 0.25) is 15.9 Å². The maximum absolute atomic E-state index is 12.9. The lowest BCUT2D eigenvalue weighted by molar-refractivity contribution is -0.127. The van der Waals surface area contributed by atoms with Crippen molar-refractivity contribution in [1.29, 1.82) is 5.26 Å². The highest BCUT2D eigenvalue weighted by atomic mass is 32.2. The molecule has 0 aliphatic carbocycles. The van der Waals surface area contributed by atoms with Crippen molar-refractivity contribution >= 4 is 15.9 Å². The van der Waals surface area contributed by atoms with Crippen molar-refractivity contribution < 1.29 is 13.2 Å². The molecule has 0 unspecified atom stereocenters. The smallest absolute Gasteiger partial charge is 0.244 e. The Hall–Kier alpha value is -1.95. The third kappa shape index (κ3) is 5.16. The van der Waals surface area contributed by atoms with Crippen molar-refractivity contribution in [3.05, 3.63) is 29.8 Å². The molecule has 1 aromatic carbocycles. The molecule has 0 aromatic heterocycles. The fourth-order valence-electron chi connectivity index (χ4n) is 4.22. The van der Waals surface area contributed by atoms with Crippen LogP contribution in [0.4, 0.5) is 0 Å². The Bertz CT molecular complexity index is 849. The van der Waals surface area contributed by atoms with Gasteiger partial charge in [0.15, 0.2) is 0 Å². The summed E-state index contributed by atoms with van der Waals surface area (Å²) in [7, 11) is -3.72. The van der Waals surface area contributed by atoms with Gasteiger partial charge in [0.1, 0.15) is 6.07 Å². The minimum absolute atomic E-state index is 0.0456. The van der Waals surface area contributed by atoms with Gasteiger partial charge in [-0.15, -0.1) is 0 Å². The third-order valence-corrected chi connectivity index (χ3v) is 7.88. The molecule has 2 saturated heterocycles. The second-order valence-electron chi connectivity index (χ2n) is 7.91. The zero-order valence-electron chi connectivity index (χ0n) is 17.0. The molecular formula is C21H30N4O3S. The molecule has 1 N–H and O–H groups in total. The van der Waals surface area contributed by atoms with Gasteiger partial charge in [-0.25, -0.2) is 8.42 Å². The van der Waals surface area contributed by atoms with Crippen LogP contribution in [0.15, 0.2) is 29.2 Å². The largest absolute Gasteiger partial charge is 0.353 e. The van der Waals surface area contributed by atoms with Gasteiger partial charge in [0.25, 0.3) is 0 Å². The highest BCUT2D eigenvalue weighted by Gasteiger charge is 2.34. The quantitative estimate of drug-likeness (QED) is 0.762. The molecule has 158 valence electrons. The fraction of sp³-hybridized carbons (Fsp3) is 0.619. The molecule has 2 aliphatic heterocycles. The van der Waals surface area contributed by atoms with Crippen LogP contribution in [0.3, 0.4) is 0 Å². The molecule has 2 heterocycles. The minimum atomic E-state index is -3.72. The highest BCUT2D eigenvalue weighted by molar-refractivity contribution is 7.89. The summed E-state index contributed by atoms with van der Waals surface area (Å²) < 4.78 is 27.2. The Morgan fingerprint density at radius 2 is 1.79 bits per heavy atom. The number of likely N-dealkylation sites (tertiary alicyclic amines) is 1. The fourth-order valence-corrected chi connectivity index (χ4v) is 5.83. The number of amides is 1. The zero-order valence-corrected chi connectivity index (χ0v) is 17.8. The number of carbonyl (C=O) groups is 1. The van der Waals surface area contributed by atoms with Crippen LogP contribution in [-0.2, 0) is 14.8 Å². The van der Waals surface area contributed by atoms with Crippen LogP contribution in [0, 0.1) is 17.2 Å². The summed E-state index contributed by atoms with van der Waals surface area (Å²) in [5.41, 5.74) is 0.154. The van der Waals surface area contributed by atoms with E-state index in [0.29, 0.717) is 25.9 Å². The molecule has 3 rings (SSSR count). The Morgan fingerprint density at radius 1 is 1.14 bits per heavy atom. The Labute approximate surface area is 173 Å². The van der Waals surface area contributed by atoms with Crippen LogP contribution in [0.1, 0.15) is 44.6 Å². The SMILES string of the molecule is CCCN1CCC(NC(=O)C2CCN(S(=O)(=O)c3ccccc3C#N)CC2)CC1. The van der Waals surface area contributed by atoms with Gasteiger partial charge in [0, 0.05) is 38.1 Å². The number of nitrogens with one attached hydrogen (secondary N) is 1. The summed E-state index contributed by atoms with van der Waals surface area (Å²) in [6.07, 6.45) is 4.12. The van der Waals surface area contributed by atoms with Gasteiger partial charge in [-0.3, -0.25) is 4.79 Å². The number of carbonyl (C=O) groups excluding carboxylic acids is 1. The van der Waals surface area contributed by atoms with E-state index in [2.05, 4.69) is 17.1 Å². The molecule has 8 heteroatoms. The lowest BCUT2D eigenvalue weighted by Gasteiger charge is -2.34. The Morgan fingerprint density at radius 3 is 2.41 bits per heavy atom. The van der Waals surface area contributed by atoms with E-state index in [1.807, 2.05) is 6.07 Å². The molecule has 0 saturated carbocycles. The van der Waals surface area contributed by atoms with Gasteiger partial charge in [-0.05, 0) is 50.8 Å². The molecule has 0 spiro atoms. The maximum atomic E-state index is 12.9. The molecular weight excluding hydrogens is 388 g/mol. The van der Waals surface area contributed by atoms with Crippen LogP contribution >= 0.6 is 0 Å². The molecule has 29 heavy (non-hydrogen) atoms. The molecule has 0 radical (unpaired) electrons. The van der Waals surface area contributed by atoms with E-state index in [0.717, 1.165) is 38.9 Å². The first kappa shape index (κ1) is 21.8. The molecule has 7 nitrogen and oxygen atoms in total. The van der Waals surface area contributed by atoms with E-state index in [1.54, 1.807) is 12.1 Å². The first-order valence-electron chi connectivity index (χ1n) is 10.5. The van der Waals surface area contributed by atoms with E-state index in [9.17, 15) is 18.5 Å². The second kappa shape index (κ2) is 9.70. The van der Waals surface area contributed by atoms with Crippen molar-refractivity contribution in [2.75, 3.05) is 32.7 Å². The van der Waals surface area contributed by atoms with Crippen molar-refractivity contribution in [3.63, 3.8) is 0 Å². The number of nitriles is 1. The maximum Gasteiger partial charge on any atom is 0.244 e. The molecule has 0 bridgehead atoms. The van der Waals surface area contributed by atoms with Gasteiger partial charge in [-0.1, -0.05) is 19.1 Å². The van der Waals surface area contributed by atoms with E-state index >= 15 is 0 Å². The van der Waals surface area contributed by atoms with Gasteiger partial charge in [-0.2, -0.15) is 9.57 Å². The molecule has 2 fully saturated rings. The van der Waals surface area contributed by atoms with Crippen molar-refractivity contribution in [1.82, 2.24) is 14.5 Å². The molecule has 2 aliphatic rings. The predicted molar refractivity (Wildman–Crippen MR) is 111 cm³/mol. The highest BCUT2D eigenvalue weighted by Crippen LogP contribution is 2.26. The van der Waals surface area contributed by atoms with Crippen LogP contribution in [-0.4, -0.2) is 62.3 Å². The van der Waals surface area contributed by atoms with Crippen molar-refractivity contribution in [2.45, 2.75) is 50.0 Å². The third-order valence-electron chi connectivity index (χ3n) is 5.92. The summed E-state index contributed by atoms with van der Waals surface area (Å²) in [6, 6.07) is 8.43. The van der Waals surface area contributed by atoms with E-state index in [1.165, 1.54) is 16.4 Å². The van der Waals surface area contributed by atoms with Crippen LogP contribution in [0.2, 0.25) is 0 Å². The van der Waals surface area contributed by atoms with Crippen molar-refractivity contribution in [3.8, 4) is 6.07 Å². The molecule has 1 aromatic rings. The zero-order chi connectivity index (χ0) is 20.9. The van der Waals surface area contributed by atoms with Gasteiger partial charge in [0.05, 0.1) is 10.5 Å². The number of sulfonamides is 1. The summed E-state index contributed by atoms with van der Waals surface area (Å²) in [4.78, 5) is 15.1. The lowest BCUT2D eigenvalue weighted by atomic mass is 9.96. The Balaban J connectivity index is 1.52. The number of rotatable bonds is 6. The summed E-state index contributed by atoms with van der Waals surface area (Å²) >= 11 is 0. The average Bonchev–Trinajstić information content (AvgIpc) is 2.75. The topological polar surface area (TPSA) is 93.5 Å². The first-order chi connectivity index (χ1) is 14.0. The van der Waals surface area contributed by atoms with Gasteiger partial charge < -0.3 is 10.2 Å².